The van der Waals surface area contributed by atoms with E-state index >= 15 is 0 Å². The smallest absolute Gasteiger partial charge is 0.245 e. The molecule has 36 heavy (non-hydrogen) atoms. The molecule has 3 N–H and O–H groups in total. The predicted octanol–water partition coefficient (Wildman–Crippen LogP) is 3.21. The Kier molecular flexibility index (Phi) is 7.77. The summed E-state index contributed by atoms with van der Waals surface area (Å²) in [5.41, 5.74) is 2.04. The number of benzene rings is 2. The monoisotopic (exact) mass is 494 g/mol. The van der Waals surface area contributed by atoms with Crippen LogP contribution in [0.2, 0.25) is 0 Å². The van der Waals surface area contributed by atoms with Crippen molar-refractivity contribution in [3.63, 3.8) is 0 Å². The van der Waals surface area contributed by atoms with Gasteiger partial charge >= 0.3 is 0 Å². The second kappa shape index (κ2) is 11.2. The summed E-state index contributed by atoms with van der Waals surface area (Å²) in [5, 5.41) is 6.25. The number of nitrogens with one attached hydrogen (secondary N) is 3. The average Bonchev–Trinajstić information content (AvgIpc) is 3.28. The molecule has 2 aromatic carbocycles. The largest absolute Gasteiger partial charge is 0.361 e. The summed E-state index contributed by atoms with van der Waals surface area (Å²) in [7, 11) is 0. The number of hydrogen-bond donors (Lipinski definition) is 3. The highest BCUT2D eigenvalue weighted by atomic mass is 19.1. The fourth-order valence-electron chi connectivity index (χ4n) is 4.25. The number of fused-ring (bicyclic) bond motifs is 1. The van der Waals surface area contributed by atoms with Crippen molar-refractivity contribution in [2.45, 2.75) is 32.4 Å². The van der Waals surface area contributed by atoms with Gasteiger partial charge in [-0.15, -0.1) is 0 Å². The van der Waals surface area contributed by atoms with Crippen molar-refractivity contribution in [3.05, 3.63) is 83.6 Å². The standard InChI is InChI=1S/C27H28F2N4O3/c1-17(25(34)31-15-18-11-20(28)14-21(29)12-18)26(35)32-24(27(36)33-9-5-2-6-10-33)13-19-16-30-23-8-4-3-7-22(19)23/h2-5,7-8,11-12,14,16-17,24,30H,6,9-10,13,15H2,1H3,(H,31,34)(H,32,35). The molecule has 0 spiro atoms. The summed E-state index contributed by atoms with van der Waals surface area (Å²) >= 11 is 0. The van der Waals surface area contributed by atoms with Crippen molar-refractivity contribution in [2.75, 3.05) is 13.1 Å². The first kappa shape index (κ1) is 25.1. The van der Waals surface area contributed by atoms with Crippen LogP contribution in [-0.2, 0) is 27.3 Å². The topological polar surface area (TPSA) is 94.3 Å². The van der Waals surface area contributed by atoms with E-state index in [9.17, 15) is 23.2 Å². The third-order valence-corrected chi connectivity index (χ3v) is 6.26. The molecule has 0 saturated heterocycles. The molecule has 0 bridgehead atoms. The number of hydrogen-bond acceptors (Lipinski definition) is 3. The van der Waals surface area contributed by atoms with Crippen LogP contribution in [0, 0.1) is 17.6 Å². The Hall–Kier alpha value is -4.01. The highest BCUT2D eigenvalue weighted by Crippen LogP contribution is 2.20. The van der Waals surface area contributed by atoms with E-state index in [1.54, 1.807) is 4.90 Å². The van der Waals surface area contributed by atoms with Crippen LogP contribution in [0.25, 0.3) is 10.9 Å². The van der Waals surface area contributed by atoms with Gasteiger partial charge in [-0.05, 0) is 42.7 Å². The van der Waals surface area contributed by atoms with Crippen molar-refractivity contribution in [2.24, 2.45) is 5.92 Å². The van der Waals surface area contributed by atoms with Crippen LogP contribution in [0.1, 0.15) is 24.5 Å². The molecule has 3 amide bonds. The van der Waals surface area contributed by atoms with Gasteiger partial charge in [0, 0.05) is 49.2 Å². The molecule has 2 unspecified atom stereocenters. The predicted molar refractivity (Wildman–Crippen MR) is 132 cm³/mol. The molecule has 3 aromatic rings. The molecular weight excluding hydrogens is 466 g/mol. The number of nitrogens with zero attached hydrogens (tertiary/aromatic N) is 1. The maximum atomic E-state index is 13.4. The molecule has 2 heterocycles. The van der Waals surface area contributed by atoms with E-state index in [1.807, 2.05) is 42.6 Å². The summed E-state index contributed by atoms with van der Waals surface area (Å²) in [6.07, 6.45) is 6.73. The van der Waals surface area contributed by atoms with Crippen LogP contribution in [0.4, 0.5) is 8.78 Å². The van der Waals surface area contributed by atoms with Crippen LogP contribution in [0.3, 0.4) is 0 Å². The minimum Gasteiger partial charge on any atom is -0.361 e. The first-order valence-electron chi connectivity index (χ1n) is 11.8. The molecule has 0 saturated carbocycles. The highest BCUT2D eigenvalue weighted by Gasteiger charge is 2.30. The third-order valence-electron chi connectivity index (χ3n) is 6.26. The maximum absolute atomic E-state index is 13.4. The number of rotatable bonds is 8. The molecule has 1 aromatic heterocycles. The summed E-state index contributed by atoms with van der Waals surface area (Å²) in [4.78, 5) is 43.8. The minimum atomic E-state index is -1.12. The lowest BCUT2D eigenvalue weighted by Gasteiger charge is -2.29. The van der Waals surface area contributed by atoms with Gasteiger partial charge < -0.3 is 20.5 Å². The van der Waals surface area contributed by atoms with Crippen LogP contribution >= 0.6 is 0 Å². The van der Waals surface area contributed by atoms with E-state index in [0.717, 1.165) is 41.1 Å². The first-order chi connectivity index (χ1) is 17.3. The molecule has 4 rings (SSSR count). The molecule has 7 nitrogen and oxygen atoms in total. The fraction of sp³-hybridized carbons (Fsp3) is 0.296. The van der Waals surface area contributed by atoms with E-state index in [4.69, 9.17) is 0 Å². The Bertz CT molecular complexity index is 1280. The van der Waals surface area contributed by atoms with E-state index in [2.05, 4.69) is 15.6 Å². The molecule has 188 valence electrons. The van der Waals surface area contributed by atoms with Crippen molar-refractivity contribution in [3.8, 4) is 0 Å². The number of halogens is 2. The van der Waals surface area contributed by atoms with Crippen molar-refractivity contribution in [1.29, 1.82) is 0 Å². The van der Waals surface area contributed by atoms with E-state index in [0.29, 0.717) is 13.1 Å². The third kappa shape index (κ3) is 5.97. The number of aromatic nitrogens is 1. The molecule has 1 aliphatic rings. The zero-order chi connectivity index (χ0) is 25.7. The van der Waals surface area contributed by atoms with Gasteiger partial charge in [0.2, 0.25) is 17.7 Å². The number of carbonyl (C=O) groups excluding carboxylic acids is 3. The van der Waals surface area contributed by atoms with Crippen LogP contribution in [0.15, 0.2) is 60.8 Å². The average molecular weight is 495 g/mol. The first-order valence-corrected chi connectivity index (χ1v) is 11.8. The number of H-pyrrole nitrogens is 1. The summed E-state index contributed by atoms with van der Waals surface area (Å²) in [6.45, 7) is 2.30. The Morgan fingerprint density at radius 2 is 1.81 bits per heavy atom. The van der Waals surface area contributed by atoms with Crippen LogP contribution < -0.4 is 10.6 Å². The number of para-hydroxylation sites is 1. The number of carbonyl (C=O) groups is 3. The minimum absolute atomic E-state index is 0.136. The lowest BCUT2D eigenvalue weighted by atomic mass is 10.0. The van der Waals surface area contributed by atoms with Crippen molar-refractivity contribution < 1.29 is 23.2 Å². The quantitative estimate of drug-likeness (QED) is 0.332. The molecule has 0 aliphatic carbocycles. The van der Waals surface area contributed by atoms with Gasteiger partial charge in [0.1, 0.15) is 23.6 Å². The molecule has 2 atom stereocenters. The van der Waals surface area contributed by atoms with Gasteiger partial charge in [-0.2, -0.15) is 0 Å². The lowest BCUT2D eigenvalue weighted by molar-refractivity contribution is -0.140. The van der Waals surface area contributed by atoms with E-state index in [-0.39, 0.29) is 24.4 Å². The Labute approximate surface area is 207 Å². The fourth-order valence-corrected chi connectivity index (χ4v) is 4.25. The van der Waals surface area contributed by atoms with Gasteiger partial charge in [-0.1, -0.05) is 30.4 Å². The Morgan fingerprint density at radius 3 is 2.53 bits per heavy atom. The zero-order valence-corrected chi connectivity index (χ0v) is 19.9. The van der Waals surface area contributed by atoms with E-state index in [1.165, 1.54) is 6.92 Å². The number of amides is 3. The maximum Gasteiger partial charge on any atom is 0.245 e. The Balaban J connectivity index is 1.45. The lowest BCUT2D eigenvalue weighted by Crippen LogP contribution is -2.52. The second-order valence-electron chi connectivity index (χ2n) is 8.89. The SMILES string of the molecule is CC(C(=O)NCc1cc(F)cc(F)c1)C(=O)NC(Cc1c[nH]c2ccccc12)C(=O)N1CC=CCC1. The van der Waals surface area contributed by atoms with Crippen molar-refractivity contribution in [1.82, 2.24) is 20.5 Å². The zero-order valence-electron chi connectivity index (χ0n) is 19.9. The van der Waals surface area contributed by atoms with E-state index < -0.39 is 35.4 Å². The normalized spacial score (nSPS) is 14.9. The van der Waals surface area contributed by atoms with Gasteiger partial charge in [0.25, 0.3) is 0 Å². The number of aromatic amines is 1. The second-order valence-corrected chi connectivity index (χ2v) is 8.89. The summed E-state index contributed by atoms with van der Waals surface area (Å²) in [5.74, 6) is -4.07. The van der Waals surface area contributed by atoms with Crippen LogP contribution in [0.5, 0.6) is 0 Å². The highest BCUT2D eigenvalue weighted by molar-refractivity contribution is 6.01. The molecule has 1 aliphatic heterocycles. The Morgan fingerprint density at radius 1 is 1.06 bits per heavy atom. The molecule has 0 fully saturated rings. The molecule has 9 heteroatoms. The van der Waals surface area contributed by atoms with Crippen molar-refractivity contribution >= 4 is 28.6 Å². The molecule has 0 radical (unpaired) electrons. The summed E-state index contributed by atoms with van der Waals surface area (Å²) in [6, 6.07) is 9.78. The summed E-state index contributed by atoms with van der Waals surface area (Å²) < 4.78 is 26.8. The molecular formula is C27H28F2N4O3. The van der Waals surface area contributed by atoms with Gasteiger partial charge in [-0.25, -0.2) is 8.78 Å². The van der Waals surface area contributed by atoms with Gasteiger partial charge in [0.05, 0.1) is 0 Å². The van der Waals surface area contributed by atoms with Gasteiger partial charge in [0.15, 0.2) is 0 Å². The van der Waals surface area contributed by atoms with Gasteiger partial charge in [-0.3, -0.25) is 14.4 Å². The van der Waals surface area contributed by atoms with Crippen LogP contribution in [-0.4, -0.2) is 46.7 Å².